The number of nitrogens with zero attached hydrogens (tertiary/aromatic N) is 1. The van der Waals surface area contributed by atoms with Gasteiger partial charge in [0, 0.05) is 11.9 Å². The van der Waals surface area contributed by atoms with Gasteiger partial charge in [-0.25, -0.2) is 0 Å². The molecule has 0 spiro atoms. The van der Waals surface area contributed by atoms with Crippen LogP contribution in [0.2, 0.25) is 0 Å². The van der Waals surface area contributed by atoms with Gasteiger partial charge in [-0.2, -0.15) is 0 Å². The van der Waals surface area contributed by atoms with Crippen LogP contribution in [0.15, 0.2) is 65.7 Å². The molecule has 3 aromatic carbocycles. The minimum Gasteiger partial charge on any atom is -0.490 e. The predicted octanol–water partition coefficient (Wildman–Crippen LogP) is 6.33. The number of carbonyl (C=O) groups excluding carboxylic acids is 1. The number of hydrogen-bond donors (Lipinski definition) is 1. The van der Waals surface area contributed by atoms with Crippen molar-refractivity contribution in [2.45, 2.75) is 27.2 Å². The molecule has 166 valence electrons. The Labute approximate surface area is 203 Å². The molecule has 1 amide bonds. The lowest BCUT2D eigenvalue weighted by atomic mass is 10.1. The summed E-state index contributed by atoms with van der Waals surface area (Å²) in [5, 5.41) is 2.85. The maximum absolute atomic E-state index is 12.3. The predicted molar refractivity (Wildman–Crippen MR) is 139 cm³/mol. The fraction of sp³-hybridized carbons (Fsp3) is 0.231. The lowest BCUT2D eigenvalue weighted by molar-refractivity contribution is -0.118. The highest BCUT2D eigenvalue weighted by atomic mass is 127. The van der Waals surface area contributed by atoms with Gasteiger partial charge >= 0.3 is 0 Å². The fourth-order valence-electron chi connectivity index (χ4n) is 3.09. The highest BCUT2D eigenvalue weighted by molar-refractivity contribution is 14.1. The third-order valence-corrected chi connectivity index (χ3v) is 5.49. The van der Waals surface area contributed by atoms with E-state index in [1.54, 1.807) is 6.21 Å². The van der Waals surface area contributed by atoms with Gasteiger partial charge < -0.3 is 14.8 Å². The average Bonchev–Trinajstić information content (AvgIpc) is 2.77. The second-order valence-electron chi connectivity index (χ2n) is 7.25. The van der Waals surface area contributed by atoms with Crippen LogP contribution in [-0.2, 0) is 11.2 Å². The van der Waals surface area contributed by atoms with Gasteiger partial charge in [0.2, 0.25) is 0 Å². The zero-order valence-electron chi connectivity index (χ0n) is 18.5. The van der Waals surface area contributed by atoms with E-state index in [2.05, 4.69) is 52.0 Å². The first-order chi connectivity index (χ1) is 15.5. The van der Waals surface area contributed by atoms with Crippen molar-refractivity contribution >= 4 is 46.1 Å². The average molecular weight is 542 g/mol. The van der Waals surface area contributed by atoms with Crippen molar-refractivity contribution in [1.29, 1.82) is 0 Å². The number of rotatable bonds is 9. The lowest BCUT2D eigenvalue weighted by Crippen LogP contribution is -2.20. The van der Waals surface area contributed by atoms with E-state index >= 15 is 0 Å². The van der Waals surface area contributed by atoms with Gasteiger partial charge in [-0.1, -0.05) is 31.2 Å². The van der Waals surface area contributed by atoms with Crippen molar-refractivity contribution in [1.82, 2.24) is 0 Å². The third-order valence-electron chi connectivity index (χ3n) is 4.69. The van der Waals surface area contributed by atoms with E-state index in [0.29, 0.717) is 18.1 Å². The van der Waals surface area contributed by atoms with Gasteiger partial charge in [0.15, 0.2) is 18.1 Å². The number of anilines is 1. The Kier molecular flexibility index (Phi) is 8.67. The van der Waals surface area contributed by atoms with Crippen molar-refractivity contribution < 1.29 is 14.3 Å². The lowest BCUT2D eigenvalue weighted by Gasteiger charge is -2.14. The molecule has 0 atom stereocenters. The summed E-state index contributed by atoms with van der Waals surface area (Å²) in [5.74, 6) is 0.914. The van der Waals surface area contributed by atoms with E-state index in [1.807, 2.05) is 62.4 Å². The highest BCUT2D eigenvalue weighted by Crippen LogP contribution is 2.34. The van der Waals surface area contributed by atoms with Crippen LogP contribution in [0.25, 0.3) is 0 Å². The van der Waals surface area contributed by atoms with E-state index < -0.39 is 0 Å². The minimum atomic E-state index is -0.227. The number of carbonyl (C=O) groups is 1. The molecule has 3 aromatic rings. The van der Waals surface area contributed by atoms with Crippen LogP contribution in [-0.4, -0.2) is 25.3 Å². The van der Waals surface area contributed by atoms with E-state index in [9.17, 15) is 4.79 Å². The molecule has 0 fully saturated rings. The third kappa shape index (κ3) is 6.82. The summed E-state index contributed by atoms with van der Waals surface area (Å²) in [5.41, 5.74) is 4.90. The smallest absolute Gasteiger partial charge is 0.262 e. The summed E-state index contributed by atoms with van der Waals surface area (Å²) in [4.78, 5) is 16.9. The van der Waals surface area contributed by atoms with E-state index in [1.165, 1.54) is 5.56 Å². The minimum absolute atomic E-state index is 0.110. The molecule has 0 aliphatic heterocycles. The molecular formula is C26H27IN2O3. The number of aliphatic imine (C=N–C) groups is 1. The number of benzene rings is 3. The number of aryl methyl sites for hydroxylation is 2. The summed E-state index contributed by atoms with van der Waals surface area (Å²) < 4.78 is 12.5. The number of hydrogen-bond acceptors (Lipinski definition) is 4. The Morgan fingerprint density at radius 2 is 1.84 bits per heavy atom. The van der Waals surface area contributed by atoms with Crippen molar-refractivity contribution in [2.24, 2.45) is 4.99 Å². The van der Waals surface area contributed by atoms with Crippen LogP contribution >= 0.6 is 22.6 Å². The van der Waals surface area contributed by atoms with E-state index in [0.717, 1.165) is 32.5 Å². The maximum atomic E-state index is 12.3. The standard InChI is InChI=1S/C26H27IN2O3/c1-4-19-9-11-21(12-10-19)28-16-20-14-23(27)26(24(15-20)31-5-2)32-17-25(30)29-22-8-6-7-18(3)13-22/h6-16H,4-5,17H2,1-3H3,(H,29,30). The number of ether oxygens (including phenoxy) is 2. The molecular weight excluding hydrogens is 515 g/mol. The molecule has 0 saturated carbocycles. The van der Waals surface area contributed by atoms with Crippen molar-refractivity contribution in [3.63, 3.8) is 0 Å². The van der Waals surface area contributed by atoms with E-state index in [-0.39, 0.29) is 12.5 Å². The Balaban J connectivity index is 1.71. The topological polar surface area (TPSA) is 59.9 Å². The van der Waals surface area contributed by atoms with Crippen molar-refractivity contribution in [2.75, 3.05) is 18.5 Å². The summed E-state index contributed by atoms with van der Waals surface area (Å²) >= 11 is 2.19. The largest absolute Gasteiger partial charge is 0.490 e. The first-order valence-corrected chi connectivity index (χ1v) is 11.6. The van der Waals surface area contributed by atoms with Crippen LogP contribution < -0.4 is 14.8 Å². The molecule has 0 radical (unpaired) electrons. The summed E-state index contributed by atoms with van der Waals surface area (Å²) in [7, 11) is 0. The molecule has 6 heteroatoms. The second kappa shape index (κ2) is 11.7. The van der Waals surface area contributed by atoms with Crippen LogP contribution in [0.5, 0.6) is 11.5 Å². The maximum Gasteiger partial charge on any atom is 0.262 e. The van der Waals surface area contributed by atoms with Gasteiger partial charge in [-0.15, -0.1) is 0 Å². The quantitative estimate of drug-likeness (QED) is 0.254. The fourth-order valence-corrected chi connectivity index (χ4v) is 3.87. The first-order valence-electron chi connectivity index (χ1n) is 10.6. The van der Waals surface area contributed by atoms with Gasteiger partial charge in [0.25, 0.3) is 5.91 Å². The van der Waals surface area contributed by atoms with Crippen LogP contribution in [0.3, 0.4) is 0 Å². The molecule has 3 rings (SSSR count). The van der Waals surface area contributed by atoms with Crippen LogP contribution in [0, 0.1) is 10.5 Å². The van der Waals surface area contributed by atoms with Gasteiger partial charge in [-0.05, 0) is 95.9 Å². The Bertz CT molecular complexity index is 1090. The molecule has 5 nitrogen and oxygen atoms in total. The summed E-state index contributed by atoms with van der Waals surface area (Å²) in [6.07, 6.45) is 2.81. The van der Waals surface area contributed by atoms with Gasteiger partial charge in [0.1, 0.15) is 0 Å². The molecule has 0 saturated heterocycles. The Morgan fingerprint density at radius 1 is 1.06 bits per heavy atom. The first kappa shape index (κ1) is 23.8. The molecule has 1 N–H and O–H groups in total. The molecule has 0 aromatic heterocycles. The zero-order chi connectivity index (χ0) is 22.9. The summed E-state index contributed by atoms with van der Waals surface area (Å²) in [6.45, 7) is 6.40. The van der Waals surface area contributed by atoms with E-state index in [4.69, 9.17) is 9.47 Å². The Hall–Kier alpha value is -2.87. The zero-order valence-corrected chi connectivity index (χ0v) is 20.7. The van der Waals surface area contributed by atoms with Crippen LogP contribution in [0.4, 0.5) is 11.4 Å². The molecule has 0 aliphatic rings. The number of amides is 1. The number of halogens is 1. The molecule has 32 heavy (non-hydrogen) atoms. The summed E-state index contributed by atoms with van der Waals surface area (Å²) in [6, 6.07) is 19.7. The normalized spacial score (nSPS) is 10.9. The van der Waals surface area contributed by atoms with Crippen molar-refractivity contribution in [3.05, 3.63) is 80.9 Å². The highest BCUT2D eigenvalue weighted by Gasteiger charge is 2.14. The van der Waals surface area contributed by atoms with Gasteiger partial charge in [0.05, 0.1) is 15.9 Å². The number of nitrogens with one attached hydrogen (secondary N) is 1. The van der Waals surface area contributed by atoms with Crippen molar-refractivity contribution in [3.8, 4) is 11.5 Å². The Morgan fingerprint density at radius 3 is 2.53 bits per heavy atom. The van der Waals surface area contributed by atoms with Gasteiger partial charge in [-0.3, -0.25) is 9.79 Å². The monoisotopic (exact) mass is 542 g/mol. The molecule has 0 unspecified atom stereocenters. The van der Waals surface area contributed by atoms with Crippen LogP contribution in [0.1, 0.15) is 30.5 Å². The molecule has 0 heterocycles. The second-order valence-corrected chi connectivity index (χ2v) is 8.41. The molecule has 0 bridgehead atoms. The molecule has 0 aliphatic carbocycles. The SMILES string of the molecule is CCOc1cc(C=Nc2ccc(CC)cc2)cc(I)c1OCC(=O)Nc1cccc(C)c1.